The Hall–Kier alpha value is -1.84. The Morgan fingerprint density at radius 2 is 2.28 bits per heavy atom. The van der Waals surface area contributed by atoms with Gasteiger partial charge in [-0.3, -0.25) is 0 Å². The van der Waals surface area contributed by atoms with E-state index in [0.717, 1.165) is 17.8 Å². The normalized spacial score (nSPS) is 16.7. The van der Waals surface area contributed by atoms with E-state index in [9.17, 15) is 0 Å². The summed E-state index contributed by atoms with van der Waals surface area (Å²) in [6.07, 6.45) is 9.37. The minimum absolute atomic E-state index is 0.492. The quantitative estimate of drug-likeness (QED) is 0.896. The van der Waals surface area contributed by atoms with Gasteiger partial charge in [0.05, 0.1) is 18.2 Å². The van der Waals surface area contributed by atoms with E-state index in [2.05, 4.69) is 21.5 Å². The van der Waals surface area contributed by atoms with Crippen molar-refractivity contribution in [3.63, 3.8) is 0 Å². The number of nitrogen functional groups attached to an aromatic ring is 1. The minimum Gasteiger partial charge on any atom is -0.383 e. The zero-order valence-electron chi connectivity index (χ0n) is 10.6. The average molecular weight is 242 g/mol. The zero-order chi connectivity index (χ0) is 12.6. The summed E-state index contributed by atoms with van der Waals surface area (Å²) >= 11 is 0. The smallest absolute Gasteiger partial charge is 0.132 e. The van der Waals surface area contributed by atoms with Crippen LogP contribution in [0.15, 0.2) is 30.9 Å². The first-order valence-corrected chi connectivity index (χ1v) is 6.45. The molecule has 1 aliphatic rings. The van der Waals surface area contributed by atoms with Crippen molar-refractivity contribution in [2.24, 2.45) is 5.41 Å². The molecule has 0 bridgehead atoms. The van der Waals surface area contributed by atoms with Gasteiger partial charge in [-0.2, -0.15) is 0 Å². The molecular weight excluding hydrogens is 224 g/mol. The van der Waals surface area contributed by atoms with Crippen molar-refractivity contribution in [3.05, 3.63) is 30.9 Å². The van der Waals surface area contributed by atoms with Gasteiger partial charge in [0.15, 0.2) is 0 Å². The van der Waals surface area contributed by atoms with Gasteiger partial charge < -0.3 is 10.3 Å². The Balaban J connectivity index is 1.95. The molecule has 2 heterocycles. The number of rotatable bonds is 4. The number of aromatic nitrogens is 3. The number of pyridine rings is 1. The minimum atomic E-state index is 0.492. The van der Waals surface area contributed by atoms with Gasteiger partial charge in [0.1, 0.15) is 5.82 Å². The number of imidazole rings is 1. The van der Waals surface area contributed by atoms with Crippen molar-refractivity contribution in [3.8, 4) is 11.3 Å². The molecule has 4 nitrogen and oxygen atoms in total. The van der Waals surface area contributed by atoms with Crippen LogP contribution in [-0.2, 0) is 6.54 Å². The number of hydrogen-bond acceptors (Lipinski definition) is 3. The summed E-state index contributed by atoms with van der Waals surface area (Å²) in [6.45, 7) is 3.30. The lowest BCUT2D eigenvalue weighted by Gasteiger charge is -2.16. The molecule has 94 valence electrons. The number of anilines is 1. The zero-order valence-corrected chi connectivity index (χ0v) is 10.6. The van der Waals surface area contributed by atoms with Crippen LogP contribution in [0.5, 0.6) is 0 Å². The van der Waals surface area contributed by atoms with E-state index < -0.39 is 0 Å². The van der Waals surface area contributed by atoms with Crippen molar-refractivity contribution in [1.82, 2.24) is 14.5 Å². The lowest BCUT2D eigenvalue weighted by molar-refractivity contribution is 0.411. The van der Waals surface area contributed by atoms with E-state index in [1.807, 2.05) is 24.7 Å². The van der Waals surface area contributed by atoms with E-state index >= 15 is 0 Å². The Labute approximate surface area is 107 Å². The van der Waals surface area contributed by atoms with Crippen LogP contribution in [0.2, 0.25) is 0 Å². The molecule has 0 spiro atoms. The third-order valence-electron chi connectivity index (χ3n) is 4.04. The van der Waals surface area contributed by atoms with Gasteiger partial charge in [-0.25, -0.2) is 9.97 Å². The van der Waals surface area contributed by atoms with Crippen LogP contribution in [0, 0.1) is 5.41 Å². The van der Waals surface area contributed by atoms with Crippen LogP contribution in [-0.4, -0.2) is 14.5 Å². The molecule has 2 aromatic heterocycles. The topological polar surface area (TPSA) is 56.7 Å². The molecule has 1 aliphatic carbocycles. The second kappa shape index (κ2) is 4.12. The van der Waals surface area contributed by atoms with E-state index in [0.29, 0.717) is 11.2 Å². The Morgan fingerprint density at radius 3 is 2.94 bits per heavy atom. The first-order valence-electron chi connectivity index (χ1n) is 6.45. The number of nitrogens with zero attached hydrogens (tertiary/aromatic N) is 3. The second-order valence-corrected chi connectivity index (χ2v) is 5.20. The predicted octanol–water partition coefficient (Wildman–Crippen LogP) is 2.72. The van der Waals surface area contributed by atoms with Crippen molar-refractivity contribution in [2.75, 3.05) is 5.73 Å². The van der Waals surface area contributed by atoms with Crippen molar-refractivity contribution < 1.29 is 0 Å². The molecule has 2 N–H and O–H groups in total. The summed E-state index contributed by atoms with van der Waals surface area (Å²) in [4.78, 5) is 8.41. The maximum Gasteiger partial charge on any atom is 0.132 e. The number of nitrogens with two attached hydrogens (primary N) is 1. The highest BCUT2D eigenvalue weighted by molar-refractivity contribution is 5.70. The van der Waals surface area contributed by atoms with Crippen molar-refractivity contribution >= 4 is 5.82 Å². The maximum atomic E-state index is 5.94. The SMILES string of the molecule is CCC1(Cn2cncc2-c2cccnc2N)CC1. The van der Waals surface area contributed by atoms with E-state index in [4.69, 9.17) is 5.73 Å². The summed E-state index contributed by atoms with van der Waals surface area (Å²) < 4.78 is 2.21. The summed E-state index contributed by atoms with van der Waals surface area (Å²) in [6, 6.07) is 3.91. The molecule has 0 aliphatic heterocycles. The fourth-order valence-corrected chi connectivity index (χ4v) is 2.47. The monoisotopic (exact) mass is 242 g/mol. The molecule has 0 atom stereocenters. The van der Waals surface area contributed by atoms with Gasteiger partial charge in [-0.15, -0.1) is 0 Å². The first kappa shape index (κ1) is 11.3. The molecule has 1 fully saturated rings. The van der Waals surface area contributed by atoms with Gasteiger partial charge in [-0.1, -0.05) is 6.92 Å². The third kappa shape index (κ3) is 1.88. The molecule has 18 heavy (non-hydrogen) atoms. The molecule has 0 saturated heterocycles. The summed E-state index contributed by atoms with van der Waals surface area (Å²) in [7, 11) is 0. The van der Waals surface area contributed by atoms with Crippen molar-refractivity contribution in [2.45, 2.75) is 32.7 Å². The van der Waals surface area contributed by atoms with Gasteiger partial charge >= 0.3 is 0 Å². The van der Waals surface area contributed by atoms with Gasteiger partial charge in [-0.05, 0) is 36.8 Å². The lowest BCUT2D eigenvalue weighted by Crippen LogP contribution is -2.11. The standard InChI is InChI=1S/C14H18N4/c1-2-14(5-6-14)9-18-10-16-8-12(18)11-4-3-7-17-13(11)15/h3-4,7-8,10H,2,5-6,9H2,1H3,(H2,15,17). The molecule has 0 unspecified atom stereocenters. The highest BCUT2D eigenvalue weighted by atomic mass is 15.1. The molecular formula is C14H18N4. The van der Waals surface area contributed by atoms with Crippen LogP contribution in [0.4, 0.5) is 5.82 Å². The van der Waals surface area contributed by atoms with Crippen LogP contribution < -0.4 is 5.73 Å². The fourth-order valence-electron chi connectivity index (χ4n) is 2.47. The molecule has 0 amide bonds. The summed E-state index contributed by atoms with van der Waals surface area (Å²) in [5, 5.41) is 0. The summed E-state index contributed by atoms with van der Waals surface area (Å²) in [5.41, 5.74) is 8.48. The van der Waals surface area contributed by atoms with Crippen LogP contribution in [0.25, 0.3) is 11.3 Å². The Kier molecular flexibility index (Phi) is 2.58. The molecule has 3 rings (SSSR count). The lowest BCUT2D eigenvalue weighted by atomic mass is 10.0. The van der Waals surface area contributed by atoms with Gasteiger partial charge in [0.25, 0.3) is 0 Å². The Bertz CT molecular complexity index is 554. The second-order valence-electron chi connectivity index (χ2n) is 5.20. The fraction of sp³-hybridized carbons (Fsp3) is 0.429. The Morgan fingerprint density at radius 1 is 1.44 bits per heavy atom. The van der Waals surface area contributed by atoms with E-state index in [1.54, 1.807) is 6.20 Å². The summed E-state index contributed by atoms with van der Waals surface area (Å²) in [5.74, 6) is 0.570. The van der Waals surface area contributed by atoms with E-state index in [-0.39, 0.29) is 0 Å². The van der Waals surface area contributed by atoms with Crippen LogP contribution in [0.3, 0.4) is 0 Å². The largest absolute Gasteiger partial charge is 0.383 e. The number of hydrogen-bond donors (Lipinski definition) is 1. The molecule has 4 heteroatoms. The maximum absolute atomic E-state index is 5.94. The van der Waals surface area contributed by atoms with Gasteiger partial charge in [0, 0.05) is 18.3 Å². The van der Waals surface area contributed by atoms with Crippen LogP contribution in [0.1, 0.15) is 26.2 Å². The first-order chi connectivity index (χ1) is 8.74. The highest BCUT2D eigenvalue weighted by Crippen LogP contribution is 2.50. The highest BCUT2D eigenvalue weighted by Gasteiger charge is 2.41. The van der Waals surface area contributed by atoms with E-state index in [1.165, 1.54) is 19.3 Å². The predicted molar refractivity (Wildman–Crippen MR) is 71.8 cm³/mol. The molecule has 1 saturated carbocycles. The van der Waals surface area contributed by atoms with Crippen LogP contribution >= 0.6 is 0 Å². The van der Waals surface area contributed by atoms with Crippen molar-refractivity contribution in [1.29, 1.82) is 0 Å². The molecule has 0 radical (unpaired) electrons. The average Bonchev–Trinajstić information content (AvgIpc) is 3.01. The van der Waals surface area contributed by atoms with Gasteiger partial charge in [0.2, 0.25) is 0 Å². The third-order valence-corrected chi connectivity index (χ3v) is 4.04. The molecule has 0 aromatic carbocycles. The molecule has 2 aromatic rings.